The quantitative estimate of drug-likeness (QED) is 0.458. The molecule has 0 spiro atoms. The van der Waals surface area contributed by atoms with Crippen LogP contribution in [0.4, 0.5) is 11.4 Å². The molecule has 0 bridgehead atoms. The highest BCUT2D eigenvalue weighted by atomic mass is 79.9. The molecular weight excluding hydrogens is 472 g/mol. The van der Waals surface area contributed by atoms with Crippen molar-refractivity contribution in [2.24, 2.45) is 0 Å². The van der Waals surface area contributed by atoms with Crippen LogP contribution >= 0.6 is 15.9 Å². The van der Waals surface area contributed by atoms with Crippen LogP contribution in [0.5, 0.6) is 11.5 Å². The zero-order valence-electron chi connectivity index (χ0n) is 18.2. The van der Waals surface area contributed by atoms with Crippen LogP contribution in [0.25, 0.3) is 0 Å². The number of nitrogens with zero attached hydrogens (tertiary/aromatic N) is 1. The predicted octanol–water partition coefficient (Wildman–Crippen LogP) is 5.31. The third kappa shape index (κ3) is 5.48. The van der Waals surface area contributed by atoms with Crippen LogP contribution in [-0.2, 0) is 11.2 Å². The van der Waals surface area contributed by atoms with Crippen LogP contribution in [0.1, 0.15) is 22.8 Å². The number of carbonyl (C=O) groups is 2. The van der Waals surface area contributed by atoms with Crippen molar-refractivity contribution in [3.8, 4) is 11.5 Å². The molecular formula is C25H25BrN2O4. The molecule has 0 aliphatic rings. The number of amides is 2. The number of carbonyl (C=O) groups excluding carboxylic acids is 2. The molecule has 166 valence electrons. The summed E-state index contributed by atoms with van der Waals surface area (Å²) in [4.78, 5) is 27.2. The Morgan fingerprint density at radius 1 is 0.938 bits per heavy atom. The summed E-state index contributed by atoms with van der Waals surface area (Å²) in [5.74, 6) is 0.730. The van der Waals surface area contributed by atoms with Gasteiger partial charge in [-0.05, 0) is 64.8 Å². The number of ether oxygens (including phenoxy) is 2. The first-order valence-corrected chi connectivity index (χ1v) is 10.9. The largest absolute Gasteiger partial charge is 0.495 e. The number of rotatable bonds is 8. The molecule has 3 aromatic carbocycles. The van der Waals surface area contributed by atoms with Gasteiger partial charge in [0.2, 0.25) is 5.91 Å². The van der Waals surface area contributed by atoms with Crippen molar-refractivity contribution < 1.29 is 19.1 Å². The van der Waals surface area contributed by atoms with E-state index in [9.17, 15) is 9.59 Å². The van der Waals surface area contributed by atoms with Crippen molar-refractivity contribution in [3.63, 3.8) is 0 Å². The second kappa shape index (κ2) is 10.8. The first kappa shape index (κ1) is 23.3. The Balaban J connectivity index is 1.68. The van der Waals surface area contributed by atoms with Crippen LogP contribution in [0.15, 0.2) is 71.2 Å². The number of anilines is 2. The molecule has 0 saturated carbocycles. The third-order valence-corrected chi connectivity index (χ3v) is 5.74. The van der Waals surface area contributed by atoms with Gasteiger partial charge in [0.25, 0.3) is 5.91 Å². The molecule has 0 radical (unpaired) electrons. The maximum atomic E-state index is 12.8. The highest BCUT2D eigenvalue weighted by Crippen LogP contribution is 2.35. The Labute approximate surface area is 196 Å². The molecule has 1 N–H and O–H groups in total. The van der Waals surface area contributed by atoms with Gasteiger partial charge in [0, 0.05) is 23.5 Å². The molecule has 0 atom stereocenters. The van der Waals surface area contributed by atoms with Gasteiger partial charge in [0.15, 0.2) is 0 Å². The van der Waals surface area contributed by atoms with E-state index >= 15 is 0 Å². The maximum Gasteiger partial charge on any atom is 0.255 e. The van der Waals surface area contributed by atoms with Gasteiger partial charge in [-0.25, -0.2) is 0 Å². The molecule has 7 heteroatoms. The van der Waals surface area contributed by atoms with Crippen LogP contribution < -0.4 is 19.7 Å². The number of nitrogens with one attached hydrogen (secondary N) is 1. The Morgan fingerprint density at radius 3 is 2.06 bits per heavy atom. The fourth-order valence-corrected chi connectivity index (χ4v) is 3.84. The smallest absolute Gasteiger partial charge is 0.255 e. The minimum atomic E-state index is -0.292. The highest BCUT2D eigenvalue weighted by molar-refractivity contribution is 9.10. The van der Waals surface area contributed by atoms with Gasteiger partial charge in [-0.15, -0.1) is 0 Å². The van der Waals surface area contributed by atoms with Crippen LogP contribution in [-0.4, -0.2) is 32.6 Å². The number of para-hydroxylation sites is 1. The van der Waals surface area contributed by atoms with E-state index in [1.54, 1.807) is 29.2 Å². The molecule has 3 rings (SSSR count). The Bertz CT molecular complexity index is 1060. The number of halogens is 1. The first-order chi connectivity index (χ1) is 15.5. The lowest BCUT2D eigenvalue weighted by molar-refractivity contribution is -0.117. The molecule has 0 saturated heterocycles. The Hall–Kier alpha value is -3.32. The summed E-state index contributed by atoms with van der Waals surface area (Å²) in [6.45, 7) is 2.55. The average Bonchev–Trinajstić information content (AvgIpc) is 2.81. The van der Waals surface area contributed by atoms with Crippen molar-refractivity contribution in [3.05, 3.63) is 82.3 Å². The molecule has 0 aliphatic heterocycles. The summed E-state index contributed by atoms with van der Waals surface area (Å²) in [7, 11) is 3.05. The van der Waals surface area contributed by atoms with E-state index in [-0.39, 0.29) is 18.2 Å². The van der Waals surface area contributed by atoms with E-state index in [0.717, 1.165) is 11.3 Å². The van der Waals surface area contributed by atoms with Gasteiger partial charge in [0.1, 0.15) is 16.0 Å². The molecule has 32 heavy (non-hydrogen) atoms. The second-order valence-electron chi connectivity index (χ2n) is 7.00. The van der Waals surface area contributed by atoms with Gasteiger partial charge >= 0.3 is 0 Å². The van der Waals surface area contributed by atoms with Crippen molar-refractivity contribution in [1.82, 2.24) is 0 Å². The monoisotopic (exact) mass is 496 g/mol. The van der Waals surface area contributed by atoms with E-state index in [0.29, 0.717) is 33.8 Å². The van der Waals surface area contributed by atoms with Gasteiger partial charge in [0.05, 0.1) is 20.6 Å². The first-order valence-electron chi connectivity index (χ1n) is 10.1. The lowest BCUT2D eigenvalue weighted by Gasteiger charge is -2.21. The van der Waals surface area contributed by atoms with Gasteiger partial charge in [-0.1, -0.05) is 30.3 Å². The summed E-state index contributed by atoms with van der Waals surface area (Å²) < 4.78 is 11.2. The Morgan fingerprint density at radius 2 is 1.53 bits per heavy atom. The van der Waals surface area contributed by atoms with Crippen LogP contribution in [0.2, 0.25) is 0 Å². The SMILES string of the molecule is CCN(C(=O)Cc1ccc(NC(=O)c2cc(OC)c(Br)c(OC)c2)cc1)c1ccccc1. The lowest BCUT2D eigenvalue weighted by Crippen LogP contribution is -2.31. The topological polar surface area (TPSA) is 67.9 Å². The summed E-state index contributed by atoms with van der Waals surface area (Å²) in [5.41, 5.74) is 2.78. The zero-order valence-corrected chi connectivity index (χ0v) is 19.8. The molecule has 0 fully saturated rings. The highest BCUT2D eigenvalue weighted by Gasteiger charge is 2.16. The summed E-state index contributed by atoms with van der Waals surface area (Å²) in [6, 6.07) is 20.1. The number of hydrogen-bond donors (Lipinski definition) is 1. The van der Waals surface area contributed by atoms with Crippen LogP contribution in [0, 0.1) is 0 Å². The van der Waals surface area contributed by atoms with Crippen molar-refractivity contribution >= 4 is 39.1 Å². The van der Waals surface area contributed by atoms with E-state index < -0.39 is 0 Å². The fraction of sp³-hybridized carbons (Fsp3) is 0.200. The molecule has 2 amide bonds. The molecule has 0 unspecified atom stereocenters. The number of likely N-dealkylation sites (N-methyl/N-ethyl adjacent to an activating group) is 1. The molecule has 0 heterocycles. The summed E-state index contributed by atoms with van der Waals surface area (Å²) in [5, 5.41) is 2.86. The average molecular weight is 497 g/mol. The van der Waals surface area contributed by atoms with E-state index in [4.69, 9.17) is 9.47 Å². The minimum Gasteiger partial charge on any atom is -0.495 e. The van der Waals surface area contributed by atoms with Gasteiger partial charge in [-0.3, -0.25) is 9.59 Å². The second-order valence-corrected chi connectivity index (χ2v) is 7.79. The van der Waals surface area contributed by atoms with Crippen LogP contribution in [0.3, 0.4) is 0 Å². The maximum absolute atomic E-state index is 12.8. The van der Waals surface area contributed by atoms with E-state index in [2.05, 4.69) is 21.2 Å². The third-order valence-electron chi connectivity index (χ3n) is 4.96. The molecule has 3 aromatic rings. The fourth-order valence-electron chi connectivity index (χ4n) is 3.29. The zero-order chi connectivity index (χ0) is 23.1. The van der Waals surface area contributed by atoms with Crippen molar-refractivity contribution in [2.45, 2.75) is 13.3 Å². The van der Waals surface area contributed by atoms with E-state index in [1.807, 2.05) is 49.4 Å². The van der Waals surface area contributed by atoms with Crippen molar-refractivity contribution in [2.75, 3.05) is 31.0 Å². The lowest BCUT2D eigenvalue weighted by atomic mass is 10.1. The predicted molar refractivity (Wildman–Crippen MR) is 130 cm³/mol. The number of benzene rings is 3. The number of hydrogen-bond acceptors (Lipinski definition) is 4. The summed E-state index contributed by atoms with van der Waals surface area (Å²) >= 11 is 3.40. The van der Waals surface area contributed by atoms with Crippen molar-refractivity contribution in [1.29, 1.82) is 0 Å². The normalized spacial score (nSPS) is 10.4. The minimum absolute atomic E-state index is 0.0181. The van der Waals surface area contributed by atoms with E-state index in [1.165, 1.54) is 14.2 Å². The molecule has 6 nitrogen and oxygen atoms in total. The molecule has 0 aliphatic carbocycles. The number of methoxy groups -OCH3 is 2. The Kier molecular flexibility index (Phi) is 7.89. The van der Waals surface area contributed by atoms with Gasteiger partial charge in [-0.2, -0.15) is 0 Å². The standard InChI is InChI=1S/C25H25BrN2O4/c1-4-28(20-8-6-5-7-9-20)23(29)14-17-10-12-19(13-11-17)27-25(30)18-15-21(31-2)24(26)22(16-18)32-3/h5-13,15-16H,4,14H2,1-3H3,(H,27,30). The summed E-state index contributed by atoms with van der Waals surface area (Å²) in [6.07, 6.45) is 0.276. The molecule has 0 aromatic heterocycles. The van der Waals surface area contributed by atoms with Gasteiger partial charge < -0.3 is 19.7 Å².